The monoisotopic (exact) mass is 490 g/mol. The first-order chi connectivity index (χ1) is 17.6. The van der Waals surface area contributed by atoms with Crippen molar-refractivity contribution >= 4 is 22.8 Å². The molecule has 2 atom stereocenters. The summed E-state index contributed by atoms with van der Waals surface area (Å²) in [4.78, 5) is 36.1. The summed E-state index contributed by atoms with van der Waals surface area (Å²) in [5, 5.41) is 3.59. The predicted octanol–water partition coefficient (Wildman–Crippen LogP) is 4.03. The largest absolute Gasteiger partial charge is 0.493 e. The van der Waals surface area contributed by atoms with E-state index in [0.29, 0.717) is 47.4 Å². The van der Waals surface area contributed by atoms with Crippen molar-refractivity contribution in [2.75, 3.05) is 25.7 Å². The maximum absolute atomic E-state index is 13.1. The number of piperidine rings is 1. The Bertz CT molecular complexity index is 1270. The van der Waals surface area contributed by atoms with Gasteiger partial charge in [0.15, 0.2) is 11.5 Å². The zero-order valence-corrected chi connectivity index (χ0v) is 21.0. The van der Waals surface area contributed by atoms with Crippen LogP contribution < -0.4 is 25.2 Å². The van der Waals surface area contributed by atoms with Crippen molar-refractivity contribution in [3.05, 3.63) is 58.4 Å². The molecule has 8 heteroatoms. The molecule has 1 saturated carbocycles. The van der Waals surface area contributed by atoms with Crippen molar-refractivity contribution in [1.29, 1.82) is 0 Å². The van der Waals surface area contributed by atoms with Crippen molar-refractivity contribution in [2.24, 2.45) is 11.8 Å². The molecule has 2 heterocycles. The summed E-state index contributed by atoms with van der Waals surface area (Å²) < 4.78 is 10.8. The van der Waals surface area contributed by atoms with Gasteiger partial charge in [-0.2, -0.15) is 0 Å². The Morgan fingerprint density at radius 1 is 1.11 bits per heavy atom. The van der Waals surface area contributed by atoms with Crippen molar-refractivity contribution in [1.82, 2.24) is 15.3 Å². The number of carbonyl (C=O) groups is 1. The number of amides is 1. The van der Waals surface area contributed by atoms with E-state index >= 15 is 0 Å². The minimum absolute atomic E-state index is 0.0495. The van der Waals surface area contributed by atoms with Gasteiger partial charge in [-0.15, -0.1) is 0 Å². The number of rotatable bonds is 8. The second kappa shape index (κ2) is 10.6. The van der Waals surface area contributed by atoms with Crippen LogP contribution in [0.15, 0.2) is 47.3 Å². The van der Waals surface area contributed by atoms with Crippen molar-refractivity contribution in [2.45, 2.75) is 51.1 Å². The van der Waals surface area contributed by atoms with Crippen LogP contribution in [0, 0.1) is 11.8 Å². The van der Waals surface area contributed by atoms with Crippen LogP contribution in [0.4, 0.5) is 5.95 Å². The lowest BCUT2D eigenvalue weighted by Gasteiger charge is -2.42. The van der Waals surface area contributed by atoms with Gasteiger partial charge in [-0.3, -0.25) is 14.6 Å². The first-order valence-corrected chi connectivity index (χ1v) is 12.8. The summed E-state index contributed by atoms with van der Waals surface area (Å²) in [5.74, 6) is 2.32. The maximum Gasteiger partial charge on any atom is 0.260 e. The number of hydrogen-bond acceptors (Lipinski definition) is 6. The van der Waals surface area contributed by atoms with Crippen molar-refractivity contribution in [3.63, 3.8) is 0 Å². The molecule has 2 aromatic carbocycles. The van der Waals surface area contributed by atoms with E-state index in [0.717, 1.165) is 24.8 Å². The second-order valence-electron chi connectivity index (χ2n) is 9.92. The molecular weight excluding hydrogens is 456 g/mol. The molecule has 8 nitrogen and oxygen atoms in total. The van der Waals surface area contributed by atoms with Crippen LogP contribution >= 0.6 is 0 Å². The van der Waals surface area contributed by atoms with Crippen LogP contribution in [-0.2, 0) is 11.3 Å². The van der Waals surface area contributed by atoms with E-state index in [4.69, 9.17) is 14.5 Å². The minimum Gasteiger partial charge on any atom is -0.493 e. The molecule has 1 aliphatic carbocycles. The van der Waals surface area contributed by atoms with Crippen LogP contribution in [0.3, 0.4) is 0 Å². The Morgan fingerprint density at radius 3 is 2.56 bits per heavy atom. The maximum atomic E-state index is 13.1. The fraction of sp³-hybridized carbons (Fsp3) is 0.464. The number of H-pyrrole nitrogens is 1. The number of ether oxygens (including phenoxy) is 2. The molecule has 2 unspecified atom stereocenters. The lowest BCUT2D eigenvalue weighted by Crippen LogP contribution is -2.48. The fourth-order valence-electron chi connectivity index (χ4n) is 5.42. The van der Waals surface area contributed by atoms with E-state index in [9.17, 15) is 9.59 Å². The predicted molar refractivity (Wildman–Crippen MR) is 140 cm³/mol. The van der Waals surface area contributed by atoms with Gasteiger partial charge in [-0.1, -0.05) is 49.6 Å². The van der Waals surface area contributed by atoms with Crippen LogP contribution in [-0.4, -0.2) is 42.7 Å². The Balaban J connectivity index is 1.37. The van der Waals surface area contributed by atoms with Gasteiger partial charge in [0.2, 0.25) is 11.9 Å². The molecule has 2 fully saturated rings. The van der Waals surface area contributed by atoms with Crippen LogP contribution in [0.25, 0.3) is 10.9 Å². The Hall–Kier alpha value is -3.55. The van der Waals surface area contributed by atoms with Gasteiger partial charge in [0.05, 0.1) is 25.1 Å². The molecule has 0 radical (unpaired) electrons. The van der Waals surface area contributed by atoms with Gasteiger partial charge >= 0.3 is 0 Å². The highest BCUT2D eigenvalue weighted by atomic mass is 16.5. The van der Waals surface area contributed by atoms with Gasteiger partial charge in [0.1, 0.15) is 0 Å². The van der Waals surface area contributed by atoms with Crippen LogP contribution in [0.5, 0.6) is 11.5 Å². The Kier molecular flexibility index (Phi) is 7.11. The second-order valence-corrected chi connectivity index (χ2v) is 9.92. The number of nitrogens with one attached hydrogen (secondary N) is 2. The quantitative estimate of drug-likeness (QED) is 0.495. The molecule has 3 aromatic rings. The van der Waals surface area contributed by atoms with Crippen LogP contribution in [0.2, 0.25) is 0 Å². The molecular formula is C28H34N4O4. The average Bonchev–Trinajstić information content (AvgIpc) is 2.89. The highest BCUT2D eigenvalue weighted by Crippen LogP contribution is 2.37. The fourth-order valence-corrected chi connectivity index (χ4v) is 5.42. The van der Waals surface area contributed by atoms with Gasteiger partial charge in [-0.05, 0) is 36.8 Å². The Labute approximate surface area is 211 Å². The summed E-state index contributed by atoms with van der Waals surface area (Å²) in [6.45, 7) is 1.21. The average molecular weight is 491 g/mol. The summed E-state index contributed by atoms with van der Waals surface area (Å²) in [6, 6.07) is 13.6. The SMILES string of the molecule is COc1cc2nc(N3CCC(C(=O)NCc4ccccc4)CC3CC3CCC3)[nH]c(=O)c2cc1OC. The molecule has 2 aliphatic rings. The molecule has 1 aliphatic heterocycles. The lowest BCUT2D eigenvalue weighted by atomic mass is 9.77. The zero-order chi connectivity index (χ0) is 25.1. The standard InChI is InChI=1S/C28H34N4O4/c1-35-24-15-22-23(16-25(24)36-2)30-28(31-27(22)34)32-12-11-20(14-21(32)13-18-9-6-10-18)26(33)29-17-19-7-4-3-5-8-19/h3-5,7-8,15-16,18,20-21H,6,9-14,17H2,1-2H3,(H,29,33)(H,30,31,34). The van der Waals surface area contributed by atoms with Gasteiger partial charge in [0, 0.05) is 31.1 Å². The summed E-state index contributed by atoms with van der Waals surface area (Å²) in [5.41, 5.74) is 1.46. The first kappa shape index (κ1) is 24.2. The summed E-state index contributed by atoms with van der Waals surface area (Å²) in [6.07, 6.45) is 6.21. The molecule has 36 heavy (non-hydrogen) atoms. The number of benzene rings is 2. The highest BCUT2D eigenvalue weighted by Gasteiger charge is 2.36. The molecule has 2 N–H and O–H groups in total. The number of carbonyl (C=O) groups excluding carboxylic acids is 1. The highest BCUT2D eigenvalue weighted by molar-refractivity contribution is 5.83. The molecule has 0 bridgehead atoms. The minimum atomic E-state index is -0.207. The molecule has 5 rings (SSSR count). The van der Waals surface area contributed by atoms with Gasteiger partial charge in [-0.25, -0.2) is 4.98 Å². The summed E-state index contributed by atoms with van der Waals surface area (Å²) in [7, 11) is 3.12. The lowest BCUT2D eigenvalue weighted by molar-refractivity contribution is -0.126. The van der Waals surface area contributed by atoms with E-state index in [2.05, 4.69) is 15.2 Å². The first-order valence-electron chi connectivity index (χ1n) is 12.8. The molecule has 190 valence electrons. The molecule has 0 spiro atoms. The van der Waals surface area contributed by atoms with E-state index in [-0.39, 0.29) is 23.4 Å². The van der Waals surface area contributed by atoms with Crippen LogP contribution in [0.1, 0.15) is 44.1 Å². The number of anilines is 1. The summed E-state index contributed by atoms with van der Waals surface area (Å²) >= 11 is 0. The third-order valence-electron chi connectivity index (χ3n) is 7.70. The van der Waals surface area contributed by atoms with E-state index in [1.54, 1.807) is 26.4 Å². The van der Waals surface area contributed by atoms with E-state index in [1.165, 1.54) is 19.3 Å². The number of hydrogen-bond donors (Lipinski definition) is 2. The number of fused-ring (bicyclic) bond motifs is 1. The number of aromatic nitrogens is 2. The van der Waals surface area contributed by atoms with E-state index in [1.807, 2.05) is 30.3 Å². The Morgan fingerprint density at radius 2 is 1.86 bits per heavy atom. The van der Waals surface area contributed by atoms with Gasteiger partial charge in [0.25, 0.3) is 5.56 Å². The number of aromatic amines is 1. The normalized spacial score (nSPS) is 20.1. The molecule has 1 saturated heterocycles. The van der Waals surface area contributed by atoms with E-state index < -0.39 is 0 Å². The third-order valence-corrected chi connectivity index (χ3v) is 7.70. The number of methoxy groups -OCH3 is 2. The zero-order valence-electron chi connectivity index (χ0n) is 21.0. The van der Waals surface area contributed by atoms with Crippen molar-refractivity contribution < 1.29 is 14.3 Å². The van der Waals surface area contributed by atoms with Crippen molar-refractivity contribution in [3.8, 4) is 11.5 Å². The topological polar surface area (TPSA) is 96.5 Å². The number of nitrogens with zero attached hydrogens (tertiary/aromatic N) is 2. The smallest absolute Gasteiger partial charge is 0.260 e. The molecule has 1 amide bonds. The molecule has 1 aromatic heterocycles. The van der Waals surface area contributed by atoms with Gasteiger partial charge < -0.3 is 19.7 Å². The third kappa shape index (κ3) is 5.03.